The van der Waals surface area contributed by atoms with Gasteiger partial charge in [-0.25, -0.2) is 4.98 Å². The molecular weight excluding hydrogens is 199 g/mol. The van der Waals surface area contributed by atoms with Crippen molar-refractivity contribution >= 4 is 36.6 Å². The molecule has 12 heavy (non-hydrogen) atoms. The van der Waals surface area contributed by atoms with E-state index in [0.29, 0.717) is 5.82 Å². The number of halogens is 2. The smallest absolute Gasteiger partial charge is 0.222 e. The Balaban J connectivity index is 0. The van der Waals surface area contributed by atoms with Gasteiger partial charge in [0, 0.05) is 11.3 Å². The highest BCUT2D eigenvalue weighted by atomic mass is 35.5. The van der Waals surface area contributed by atoms with Crippen molar-refractivity contribution in [3.63, 3.8) is 0 Å². The van der Waals surface area contributed by atoms with E-state index in [1.54, 1.807) is 0 Å². The van der Waals surface area contributed by atoms with Gasteiger partial charge in [0.1, 0.15) is 5.82 Å². The molecule has 1 aromatic rings. The minimum Gasteiger partial charge on any atom is -0.383 e. The Morgan fingerprint density at radius 2 is 1.50 bits per heavy atom. The number of nitrogens with zero attached hydrogens (tertiary/aromatic N) is 2. The molecule has 0 bridgehead atoms. The highest BCUT2D eigenvalue weighted by Gasteiger charge is 2.00. The first-order chi connectivity index (χ1) is 4.61. The molecule has 1 aromatic heterocycles. The van der Waals surface area contributed by atoms with Gasteiger partial charge in [-0.05, 0) is 13.8 Å². The zero-order valence-corrected chi connectivity index (χ0v) is 8.50. The minimum atomic E-state index is 0. The largest absolute Gasteiger partial charge is 0.383 e. The molecule has 0 radical (unpaired) electrons. The second-order valence-corrected chi connectivity index (χ2v) is 2.18. The molecule has 70 valence electrons. The van der Waals surface area contributed by atoms with E-state index in [4.69, 9.17) is 11.5 Å². The maximum absolute atomic E-state index is 5.49. The summed E-state index contributed by atoms with van der Waals surface area (Å²) in [7, 11) is 0. The zero-order valence-electron chi connectivity index (χ0n) is 6.87. The number of hydrogen-bond acceptors (Lipinski definition) is 4. The van der Waals surface area contributed by atoms with Crippen LogP contribution in [0.4, 0.5) is 11.8 Å². The molecule has 4 N–H and O–H groups in total. The summed E-state index contributed by atoms with van der Waals surface area (Å²) in [6.07, 6.45) is 0. The van der Waals surface area contributed by atoms with Gasteiger partial charge in [-0.3, -0.25) is 0 Å². The summed E-state index contributed by atoms with van der Waals surface area (Å²) in [5.41, 5.74) is 12.6. The lowest BCUT2D eigenvalue weighted by atomic mass is 10.2. The Labute approximate surface area is 83.6 Å². The van der Waals surface area contributed by atoms with Crippen molar-refractivity contribution in [2.45, 2.75) is 13.8 Å². The molecule has 4 nitrogen and oxygen atoms in total. The molecule has 1 heterocycles. The first-order valence-electron chi connectivity index (χ1n) is 2.97. The number of nitrogens with two attached hydrogens (primary N) is 2. The molecule has 1 rings (SSSR count). The summed E-state index contributed by atoms with van der Waals surface area (Å²) < 4.78 is 0. The lowest BCUT2D eigenvalue weighted by Crippen LogP contribution is -2.03. The molecular formula is C6H12Cl2N4. The lowest BCUT2D eigenvalue weighted by molar-refractivity contribution is 1.09. The number of aryl methyl sites for hydroxylation is 1. The topological polar surface area (TPSA) is 77.8 Å². The summed E-state index contributed by atoms with van der Waals surface area (Å²) in [6.45, 7) is 3.72. The summed E-state index contributed by atoms with van der Waals surface area (Å²) in [6, 6.07) is 0. The van der Waals surface area contributed by atoms with Crippen LogP contribution in [0.5, 0.6) is 0 Å². The molecule has 0 atom stereocenters. The van der Waals surface area contributed by atoms with Crippen LogP contribution < -0.4 is 11.5 Å². The Morgan fingerprint density at radius 3 is 1.92 bits per heavy atom. The molecule has 6 heteroatoms. The van der Waals surface area contributed by atoms with Crippen molar-refractivity contribution in [1.29, 1.82) is 0 Å². The van der Waals surface area contributed by atoms with Crippen LogP contribution in [-0.2, 0) is 0 Å². The quantitative estimate of drug-likeness (QED) is 0.673. The maximum atomic E-state index is 5.49. The van der Waals surface area contributed by atoms with Gasteiger partial charge in [0.25, 0.3) is 0 Å². The fourth-order valence-electron chi connectivity index (χ4n) is 0.673. The molecule has 0 aliphatic heterocycles. The molecule has 0 fully saturated rings. The van der Waals surface area contributed by atoms with Gasteiger partial charge in [0.15, 0.2) is 0 Å². The third kappa shape index (κ3) is 2.71. The molecule has 0 amide bonds. The molecule has 0 saturated carbocycles. The Bertz CT molecular complexity index is 241. The van der Waals surface area contributed by atoms with Crippen molar-refractivity contribution in [3.05, 3.63) is 11.3 Å². The number of anilines is 2. The third-order valence-corrected chi connectivity index (χ3v) is 1.44. The Morgan fingerprint density at radius 1 is 1.00 bits per heavy atom. The van der Waals surface area contributed by atoms with Crippen LogP contribution >= 0.6 is 24.8 Å². The van der Waals surface area contributed by atoms with E-state index in [1.165, 1.54) is 0 Å². The van der Waals surface area contributed by atoms with Crippen molar-refractivity contribution in [2.75, 3.05) is 11.5 Å². The van der Waals surface area contributed by atoms with Gasteiger partial charge in [-0.15, -0.1) is 24.8 Å². The predicted molar refractivity (Wildman–Crippen MR) is 54.8 cm³/mol. The monoisotopic (exact) mass is 210 g/mol. The van der Waals surface area contributed by atoms with Crippen molar-refractivity contribution in [2.24, 2.45) is 0 Å². The molecule has 0 spiro atoms. The number of hydrogen-bond donors (Lipinski definition) is 2. The fourth-order valence-corrected chi connectivity index (χ4v) is 0.673. The minimum absolute atomic E-state index is 0. The van der Waals surface area contributed by atoms with Gasteiger partial charge in [0.2, 0.25) is 5.95 Å². The van der Waals surface area contributed by atoms with Gasteiger partial charge in [-0.2, -0.15) is 4.98 Å². The standard InChI is InChI=1S/C6H10N4.2ClH/c1-3-4(2)9-6(8)10-5(3)7;;/h1-2H3,(H4,7,8,9,10);2*1H. The summed E-state index contributed by atoms with van der Waals surface area (Å²) in [5, 5.41) is 0. The van der Waals surface area contributed by atoms with Crippen LogP contribution in [-0.4, -0.2) is 9.97 Å². The Hall–Kier alpha value is -0.740. The Kier molecular flexibility index (Phi) is 5.76. The molecule has 0 unspecified atom stereocenters. The fraction of sp³-hybridized carbons (Fsp3) is 0.333. The second-order valence-electron chi connectivity index (χ2n) is 2.18. The van der Waals surface area contributed by atoms with E-state index in [9.17, 15) is 0 Å². The molecule has 0 aliphatic carbocycles. The highest BCUT2D eigenvalue weighted by molar-refractivity contribution is 5.85. The van der Waals surface area contributed by atoms with E-state index in [1.807, 2.05) is 13.8 Å². The summed E-state index contributed by atoms with van der Waals surface area (Å²) in [4.78, 5) is 7.70. The maximum Gasteiger partial charge on any atom is 0.222 e. The first-order valence-corrected chi connectivity index (χ1v) is 2.97. The van der Waals surface area contributed by atoms with Crippen molar-refractivity contribution in [3.8, 4) is 0 Å². The van der Waals surface area contributed by atoms with Gasteiger partial charge in [-0.1, -0.05) is 0 Å². The summed E-state index contributed by atoms with van der Waals surface area (Å²) in [5.74, 6) is 0.700. The van der Waals surface area contributed by atoms with Gasteiger partial charge >= 0.3 is 0 Å². The second kappa shape index (κ2) is 5.00. The van der Waals surface area contributed by atoms with E-state index >= 15 is 0 Å². The van der Waals surface area contributed by atoms with Crippen LogP contribution in [0.1, 0.15) is 11.3 Å². The van der Waals surface area contributed by atoms with Crippen molar-refractivity contribution < 1.29 is 0 Å². The number of nitrogen functional groups attached to an aromatic ring is 2. The average Bonchev–Trinajstić information content (AvgIpc) is 1.82. The van der Waals surface area contributed by atoms with E-state index in [0.717, 1.165) is 11.3 Å². The molecule has 0 aliphatic rings. The average molecular weight is 211 g/mol. The van der Waals surface area contributed by atoms with Crippen LogP contribution in [0, 0.1) is 13.8 Å². The lowest BCUT2D eigenvalue weighted by Gasteiger charge is -2.01. The van der Waals surface area contributed by atoms with Gasteiger partial charge < -0.3 is 11.5 Å². The van der Waals surface area contributed by atoms with Crippen LogP contribution in [0.15, 0.2) is 0 Å². The molecule has 0 saturated heterocycles. The molecule has 0 aromatic carbocycles. The third-order valence-electron chi connectivity index (χ3n) is 1.44. The van der Waals surface area contributed by atoms with Gasteiger partial charge in [0.05, 0.1) is 0 Å². The number of rotatable bonds is 0. The van der Waals surface area contributed by atoms with Crippen LogP contribution in [0.3, 0.4) is 0 Å². The highest BCUT2D eigenvalue weighted by Crippen LogP contribution is 2.10. The SMILES string of the molecule is Cc1nc(N)nc(N)c1C.Cl.Cl. The van der Waals surface area contributed by atoms with E-state index < -0.39 is 0 Å². The van der Waals surface area contributed by atoms with E-state index in [2.05, 4.69) is 9.97 Å². The van der Waals surface area contributed by atoms with E-state index in [-0.39, 0.29) is 30.8 Å². The first kappa shape index (κ1) is 13.8. The normalized spacial score (nSPS) is 8.17. The predicted octanol–water partition coefficient (Wildman–Crippen LogP) is 1.10. The zero-order chi connectivity index (χ0) is 7.72. The number of aromatic nitrogens is 2. The summed E-state index contributed by atoms with van der Waals surface area (Å²) >= 11 is 0. The van der Waals surface area contributed by atoms with Crippen LogP contribution in [0.25, 0.3) is 0 Å². The van der Waals surface area contributed by atoms with Crippen molar-refractivity contribution in [1.82, 2.24) is 9.97 Å². The van der Waals surface area contributed by atoms with Crippen LogP contribution in [0.2, 0.25) is 0 Å².